The summed E-state index contributed by atoms with van der Waals surface area (Å²) in [5, 5.41) is 0. The maximum Gasteiger partial charge on any atom is 0.330 e. The smallest absolute Gasteiger partial charge is 0.330 e. The molecule has 1 aliphatic rings. The van der Waals surface area contributed by atoms with E-state index in [1.807, 2.05) is 20.8 Å². The lowest BCUT2D eigenvalue weighted by Gasteiger charge is -2.26. The third kappa shape index (κ3) is 4.32. The Bertz CT molecular complexity index is 1040. The van der Waals surface area contributed by atoms with Crippen LogP contribution in [-0.4, -0.2) is 22.0 Å². The van der Waals surface area contributed by atoms with Gasteiger partial charge in [0.1, 0.15) is 11.6 Å². The number of hydrogen-bond donors (Lipinski definition) is 2. The summed E-state index contributed by atoms with van der Waals surface area (Å²) in [6.45, 7) is 6.48. The lowest BCUT2D eigenvalue weighted by atomic mass is 10.1. The van der Waals surface area contributed by atoms with Crippen molar-refractivity contribution in [1.82, 2.24) is 9.55 Å². The predicted octanol–water partition coefficient (Wildman–Crippen LogP) is 2.85. The number of rotatable bonds is 8. The topological polar surface area (TPSA) is 101 Å². The summed E-state index contributed by atoms with van der Waals surface area (Å²) in [5.74, 6) is -1.19. The number of aromatic amines is 1. The number of hydrogen-bond acceptors (Lipinski definition) is 4. The molecule has 2 atom stereocenters. The normalized spacial score (nSPS) is 17.9. The van der Waals surface area contributed by atoms with Crippen LogP contribution in [0.4, 0.5) is 15.9 Å². The minimum Gasteiger partial charge on any atom is -0.383 e. The molecular formula is C22H29FN4O3. The number of H-pyrrole nitrogens is 1. The monoisotopic (exact) mass is 416 g/mol. The van der Waals surface area contributed by atoms with Crippen LogP contribution >= 0.6 is 0 Å². The van der Waals surface area contributed by atoms with E-state index in [9.17, 15) is 18.8 Å². The molecule has 30 heavy (non-hydrogen) atoms. The number of nitrogens with two attached hydrogens (primary N) is 1. The van der Waals surface area contributed by atoms with Gasteiger partial charge in [0.15, 0.2) is 5.69 Å². The molecule has 0 radical (unpaired) electrons. The zero-order chi connectivity index (χ0) is 22.0. The van der Waals surface area contributed by atoms with E-state index in [0.29, 0.717) is 24.9 Å². The molecule has 1 aliphatic carbocycles. The van der Waals surface area contributed by atoms with Crippen molar-refractivity contribution in [3.8, 4) is 0 Å². The molecule has 1 aromatic carbocycles. The summed E-state index contributed by atoms with van der Waals surface area (Å²) in [7, 11) is 0. The van der Waals surface area contributed by atoms with Crippen molar-refractivity contribution in [2.45, 2.75) is 52.5 Å². The van der Waals surface area contributed by atoms with E-state index in [4.69, 9.17) is 5.73 Å². The molecular weight excluding hydrogens is 387 g/mol. The molecule has 1 heterocycles. The Kier molecular flexibility index (Phi) is 6.43. The van der Waals surface area contributed by atoms with Crippen LogP contribution in [0, 0.1) is 17.7 Å². The van der Waals surface area contributed by atoms with Gasteiger partial charge in [0.2, 0.25) is 5.91 Å². The van der Waals surface area contributed by atoms with Crippen molar-refractivity contribution in [2.75, 3.05) is 17.2 Å². The molecule has 2 aromatic rings. The molecule has 1 aromatic heterocycles. The van der Waals surface area contributed by atoms with Gasteiger partial charge in [-0.15, -0.1) is 0 Å². The lowest BCUT2D eigenvalue weighted by Crippen LogP contribution is -2.43. The van der Waals surface area contributed by atoms with E-state index in [-0.39, 0.29) is 41.6 Å². The van der Waals surface area contributed by atoms with Crippen LogP contribution in [0.25, 0.3) is 0 Å². The number of halogens is 1. The van der Waals surface area contributed by atoms with Crippen molar-refractivity contribution >= 4 is 17.4 Å². The Labute approximate surface area is 174 Å². The summed E-state index contributed by atoms with van der Waals surface area (Å²) >= 11 is 0. The zero-order valence-corrected chi connectivity index (χ0v) is 17.7. The van der Waals surface area contributed by atoms with Crippen molar-refractivity contribution in [2.24, 2.45) is 11.8 Å². The molecule has 0 spiro atoms. The molecule has 8 heteroatoms. The van der Waals surface area contributed by atoms with Crippen molar-refractivity contribution in [1.29, 1.82) is 0 Å². The molecule has 2 unspecified atom stereocenters. The first-order valence-electron chi connectivity index (χ1n) is 10.4. The summed E-state index contributed by atoms with van der Waals surface area (Å²) in [6.07, 6.45) is 2.08. The highest BCUT2D eigenvalue weighted by Crippen LogP contribution is 2.49. The van der Waals surface area contributed by atoms with Crippen molar-refractivity contribution < 1.29 is 9.18 Å². The average Bonchev–Trinajstić information content (AvgIpc) is 3.47. The van der Waals surface area contributed by atoms with Crippen LogP contribution in [0.5, 0.6) is 0 Å². The number of aromatic nitrogens is 2. The molecule has 1 saturated carbocycles. The third-order valence-corrected chi connectivity index (χ3v) is 5.45. The highest BCUT2D eigenvalue weighted by Gasteiger charge is 2.47. The van der Waals surface area contributed by atoms with E-state index in [0.717, 1.165) is 6.42 Å². The van der Waals surface area contributed by atoms with Gasteiger partial charge in [-0.05, 0) is 36.3 Å². The first-order chi connectivity index (χ1) is 14.3. The molecule has 0 bridgehead atoms. The molecule has 3 rings (SSSR count). The molecule has 1 amide bonds. The summed E-state index contributed by atoms with van der Waals surface area (Å²) < 4.78 is 15.5. The first kappa shape index (κ1) is 21.8. The molecule has 3 N–H and O–H groups in total. The average molecular weight is 416 g/mol. The quantitative estimate of drug-likeness (QED) is 0.691. The second kappa shape index (κ2) is 8.85. The molecule has 0 aliphatic heterocycles. The number of nitrogens with one attached hydrogen (secondary N) is 1. The highest BCUT2D eigenvalue weighted by atomic mass is 19.1. The van der Waals surface area contributed by atoms with Crippen LogP contribution < -0.4 is 21.9 Å². The number of nitrogens with zero attached hydrogens (tertiary/aromatic N) is 2. The predicted molar refractivity (Wildman–Crippen MR) is 115 cm³/mol. The number of benzene rings is 1. The van der Waals surface area contributed by atoms with E-state index in [2.05, 4.69) is 4.98 Å². The summed E-state index contributed by atoms with van der Waals surface area (Å²) in [6, 6.07) is 6.43. The number of carbonyl (C=O) groups is 1. The fourth-order valence-electron chi connectivity index (χ4n) is 3.82. The Morgan fingerprint density at radius 1 is 1.33 bits per heavy atom. The molecule has 7 nitrogen and oxygen atoms in total. The zero-order valence-electron chi connectivity index (χ0n) is 17.7. The maximum atomic E-state index is 14.2. The fraction of sp³-hybridized carbons (Fsp3) is 0.500. The second-order valence-corrected chi connectivity index (χ2v) is 8.31. The Morgan fingerprint density at radius 2 is 2.03 bits per heavy atom. The van der Waals surface area contributed by atoms with E-state index in [1.54, 1.807) is 18.2 Å². The Morgan fingerprint density at radius 3 is 2.67 bits per heavy atom. The van der Waals surface area contributed by atoms with Gasteiger partial charge in [0.25, 0.3) is 5.56 Å². The van der Waals surface area contributed by atoms with E-state index < -0.39 is 17.2 Å². The van der Waals surface area contributed by atoms with Gasteiger partial charge < -0.3 is 10.6 Å². The van der Waals surface area contributed by atoms with Gasteiger partial charge >= 0.3 is 5.69 Å². The standard InChI is InChI=1S/C22H29FN4O3/c1-4-5-10-26-19(24)18(20(28)25-22(26)30)27(12-13(2)3)21(29)16-11-15(16)14-8-6-7-9-17(14)23/h6-9,13,15-16H,4-5,10-12,24H2,1-3H3,(H,25,28,30). The van der Waals surface area contributed by atoms with Gasteiger partial charge in [-0.3, -0.25) is 19.1 Å². The minimum atomic E-state index is -0.678. The second-order valence-electron chi connectivity index (χ2n) is 8.31. The van der Waals surface area contributed by atoms with Crippen LogP contribution in [0.1, 0.15) is 51.5 Å². The third-order valence-electron chi connectivity index (χ3n) is 5.45. The lowest BCUT2D eigenvalue weighted by molar-refractivity contribution is -0.120. The van der Waals surface area contributed by atoms with Crippen LogP contribution in [0.3, 0.4) is 0 Å². The Hall–Kier alpha value is -2.90. The van der Waals surface area contributed by atoms with Gasteiger partial charge in [0.05, 0.1) is 0 Å². The number of anilines is 2. The van der Waals surface area contributed by atoms with Crippen LogP contribution in [-0.2, 0) is 11.3 Å². The Balaban J connectivity index is 1.98. The SMILES string of the molecule is CCCCn1c(N)c(N(CC(C)C)C(=O)C2CC2c2ccccc2F)c(=O)[nH]c1=O. The van der Waals surface area contributed by atoms with Crippen LogP contribution in [0.2, 0.25) is 0 Å². The van der Waals surface area contributed by atoms with Gasteiger partial charge in [-0.2, -0.15) is 0 Å². The highest BCUT2D eigenvalue weighted by molar-refractivity contribution is 5.99. The van der Waals surface area contributed by atoms with Crippen molar-refractivity contribution in [3.05, 3.63) is 56.5 Å². The number of amides is 1. The summed E-state index contributed by atoms with van der Waals surface area (Å²) in [4.78, 5) is 41.9. The maximum absolute atomic E-state index is 14.2. The number of nitrogen functional groups attached to an aromatic ring is 1. The fourth-order valence-corrected chi connectivity index (χ4v) is 3.82. The van der Waals surface area contributed by atoms with Gasteiger partial charge in [0, 0.05) is 19.0 Å². The van der Waals surface area contributed by atoms with E-state index in [1.165, 1.54) is 15.5 Å². The molecule has 162 valence electrons. The summed E-state index contributed by atoms with van der Waals surface area (Å²) in [5.41, 5.74) is 5.47. The van der Waals surface area contributed by atoms with Crippen molar-refractivity contribution in [3.63, 3.8) is 0 Å². The van der Waals surface area contributed by atoms with Crippen LogP contribution in [0.15, 0.2) is 33.9 Å². The molecule has 1 fully saturated rings. The minimum absolute atomic E-state index is 0.00332. The number of carbonyl (C=O) groups excluding carboxylic acids is 1. The van der Waals surface area contributed by atoms with Gasteiger partial charge in [-0.25, -0.2) is 9.18 Å². The van der Waals surface area contributed by atoms with E-state index >= 15 is 0 Å². The van der Waals surface area contributed by atoms with Gasteiger partial charge in [-0.1, -0.05) is 45.4 Å². The molecule has 0 saturated heterocycles. The first-order valence-corrected chi connectivity index (χ1v) is 10.4. The number of unbranched alkanes of at least 4 members (excludes halogenated alkanes) is 1. The largest absolute Gasteiger partial charge is 0.383 e.